The second kappa shape index (κ2) is 10.0. The smallest absolute Gasteiger partial charge is 0.208 e. The first-order valence-corrected chi connectivity index (χ1v) is 14.3. The van der Waals surface area contributed by atoms with E-state index in [9.17, 15) is 10.1 Å². The third-order valence-electron chi connectivity index (χ3n) is 8.55. The lowest BCUT2D eigenvalue weighted by Crippen LogP contribution is -2.48. The van der Waals surface area contributed by atoms with Gasteiger partial charge in [-0.3, -0.25) is 4.98 Å². The predicted molar refractivity (Wildman–Crippen MR) is 156 cm³/mol. The van der Waals surface area contributed by atoms with Crippen LogP contribution in [-0.2, 0) is 4.79 Å². The molecule has 5 heterocycles. The van der Waals surface area contributed by atoms with Crippen molar-refractivity contribution in [3.63, 3.8) is 0 Å². The first-order chi connectivity index (χ1) is 19.3. The maximum atomic E-state index is 12.0. The third kappa shape index (κ3) is 4.48. The van der Waals surface area contributed by atoms with Crippen LogP contribution in [-0.4, -0.2) is 49.7 Å². The van der Waals surface area contributed by atoms with Gasteiger partial charge in [0.2, 0.25) is 5.13 Å². The van der Waals surface area contributed by atoms with E-state index in [0.717, 1.165) is 58.5 Å². The molecule has 10 heteroatoms. The standard InChI is InChI=1S/C30H30N8OS/c1-5-20-10-23-8-9-27(38(23)33-14-20)26-11-25(34-18(2)13-31)24(15-32-26)28-35-36-29(40-28)37-16-21-6-7-22(17-37)30(21,4)12-19(3)39/h1,8-11,14-15,18,21-22H,6-7,12,16-17H2,2-4H3,(H,32,34)/t18-,21?,22?,30?/m0/s1. The van der Waals surface area contributed by atoms with Crippen LogP contribution in [0.15, 0.2) is 36.7 Å². The molecule has 0 amide bonds. The van der Waals surface area contributed by atoms with Crippen molar-refractivity contribution in [3.8, 4) is 40.4 Å². The zero-order valence-electron chi connectivity index (χ0n) is 22.8. The summed E-state index contributed by atoms with van der Waals surface area (Å²) in [4.78, 5) is 19.1. The number of aromatic nitrogens is 5. The van der Waals surface area contributed by atoms with Crippen LogP contribution in [0, 0.1) is 40.9 Å². The van der Waals surface area contributed by atoms with Gasteiger partial charge in [-0.15, -0.1) is 16.6 Å². The molecule has 4 aromatic heterocycles. The summed E-state index contributed by atoms with van der Waals surface area (Å²) in [6.45, 7) is 7.58. The van der Waals surface area contributed by atoms with E-state index in [-0.39, 0.29) is 11.2 Å². The first kappa shape index (κ1) is 26.0. The van der Waals surface area contributed by atoms with Crippen molar-refractivity contribution in [1.82, 2.24) is 24.8 Å². The number of hydrogen-bond acceptors (Lipinski definition) is 9. The van der Waals surface area contributed by atoms with Crippen LogP contribution in [0.5, 0.6) is 0 Å². The molecule has 40 heavy (non-hydrogen) atoms. The minimum Gasteiger partial charge on any atom is -0.369 e. The number of pyridine rings is 1. The van der Waals surface area contributed by atoms with E-state index in [1.165, 1.54) is 11.3 Å². The van der Waals surface area contributed by atoms with Gasteiger partial charge in [0.1, 0.15) is 11.8 Å². The predicted octanol–water partition coefficient (Wildman–Crippen LogP) is 5.05. The number of nitrogens with one attached hydrogen (secondary N) is 1. The number of piperidine rings is 1. The molecule has 4 aromatic rings. The number of rotatable bonds is 7. The number of carbonyl (C=O) groups excluding carboxylic acids is 1. The molecule has 2 aliphatic rings. The van der Waals surface area contributed by atoms with Crippen LogP contribution >= 0.6 is 11.3 Å². The topological polar surface area (TPSA) is 112 Å². The summed E-state index contributed by atoms with van der Waals surface area (Å²) >= 11 is 1.53. The molecule has 0 radical (unpaired) electrons. The number of nitrogens with zero attached hydrogens (tertiary/aromatic N) is 7. The number of Topliss-reactive ketones (excluding diaryl/α,β-unsaturated/α-hetero) is 1. The van der Waals surface area contributed by atoms with Crippen molar-refractivity contribution in [3.05, 3.63) is 42.2 Å². The van der Waals surface area contributed by atoms with Crippen molar-refractivity contribution in [2.24, 2.45) is 17.3 Å². The Morgan fingerprint density at radius 3 is 2.73 bits per heavy atom. The van der Waals surface area contributed by atoms with Crippen LogP contribution in [0.2, 0.25) is 0 Å². The summed E-state index contributed by atoms with van der Waals surface area (Å²) in [5.74, 6) is 3.83. The van der Waals surface area contributed by atoms with Gasteiger partial charge in [-0.05, 0) is 68.2 Å². The zero-order chi connectivity index (χ0) is 28.0. The van der Waals surface area contributed by atoms with E-state index < -0.39 is 6.04 Å². The molecule has 6 rings (SSSR count). The van der Waals surface area contributed by atoms with E-state index in [4.69, 9.17) is 11.4 Å². The zero-order valence-corrected chi connectivity index (χ0v) is 23.6. The van der Waals surface area contributed by atoms with Gasteiger partial charge < -0.3 is 15.0 Å². The number of ketones is 1. The molecular weight excluding hydrogens is 520 g/mol. The number of hydrogen-bond donors (Lipinski definition) is 1. The molecule has 9 nitrogen and oxygen atoms in total. The highest BCUT2D eigenvalue weighted by atomic mass is 32.1. The highest BCUT2D eigenvalue weighted by Gasteiger charge is 2.51. The summed E-state index contributed by atoms with van der Waals surface area (Å²) in [7, 11) is 0. The van der Waals surface area contributed by atoms with Crippen LogP contribution in [0.1, 0.15) is 45.6 Å². The SMILES string of the molecule is C#Cc1cnn2c(-c3cc(N[C@@H](C)C#N)c(-c4nnc(N5CC6CCC(C5)C6(C)CC(C)=O)s4)cn3)ccc2c1. The average molecular weight is 551 g/mol. The van der Waals surface area contributed by atoms with Gasteiger partial charge in [-0.2, -0.15) is 10.4 Å². The second-order valence-corrected chi connectivity index (χ2v) is 12.2. The molecule has 1 aliphatic carbocycles. The molecule has 1 N–H and O–H groups in total. The van der Waals surface area contributed by atoms with E-state index in [0.29, 0.717) is 29.5 Å². The molecule has 1 aliphatic heterocycles. The van der Waals surface area contributed by atoms with Gasteiger partial charge >= 0.3 is 0 Å². The van der Waals surface area contributed by atoms with E-state index >= 15 is 0 Å². The minimum atomic E-state index is -0.418. The molecule has 2 bridgehead atoms. The maximum Gasteiger partial charge on any atom is 0.208 e. The molecule has 0 aromatic carbocycles. The van der Waals surface area contributed by atoms with Gasteiger partial charge in [0.25, 0.3) is 0 Å². The van der Waals surface area contributed by atoms with Gasteiger partial charge in [-0.1, -0.05) is 24.2 Å². The van der Waals surface area contributed by atoms with E-state index in [2.05, 4.69) is 44.4 Å². The molecule has 0 spiro atoms. The van der Waals surface area contributed by atoms with Crippen molar-refractivity contribution in [2.45, 2.75) is 46.1 Å². The molecule has 202 valence electrons. The monoisotopic (exact) mass is 550 g/mol. The summed E-state index contributed by atoms with van der Waals surface area (Å²) < 4.78 is 1.80. The largest absolute Gasteiger partial charge is 0.369 e. The minimum absolute atomic E-state index is 0.0698. The van der Waals surface area contributed by atoms with Gasteiger partial charge in [0, 0.05) is 37.0 Å². The number of nitriles is 1. The Kier molecular flexibility index (Phi) is 6.52. The Hall–Kier alpha value is -4.28. The van der Waals surface area contributed by atoms with Crippen molar-refractivity contribution >= 4 is 33.5 Å². The Morgan fingerprint density at radius 2 is 2.02 bits per heavy atom. The summed E-state index contributed by atoms with van der Waals surface area (Å²) in [5.41, 5.74) is 4.72. The van der Waals surface area contributed by atoms with E-state index in [1.807, 2.05) is 31.2 Å². The summed E-state index contributed by atoms with van der Waals surface area (Å²) in [6.07, 6.45) is 11.9. The lowest BCUT2D eigenvalue weighted by atomic mass is 9.68. The van der Waals surface area contributed by atoms with Crippen LogP contribution in [0.3, 0.4) is 0 Å². The Morgan fingerprint density at radius 1 is 1.25 bits per heavy atom. The highest BCUT2D eigenvalue weighted by Crippen LogP contribution is 2.54. The lowest BCUT2D eigenvalue weighted by molar-refractivity contribution is -0.120. The van der Waals surface area contributed by atoms with E-state index in [1.54, 1.807) is 23.8 Å². The number of carbonyl (C=O) groups is 1. The molecule has 3 atom stereocenters. The van der Waals surface area contributed by atoms with Crippen LogP contribution in [0.25, 0.3) is 27.5 Å². The maximum absolute atomic E-state index is 12.0. The average Bonchev–Trinajstić information content (AvgIpc) is 3.61. The molecule has 1 saturated heterocycles. The molecule has 2 fully saturated rings. The fourth-order valence-corrected chi connectivity index (χ4v) is 7.34. The Labute approximate surface area is 237 Å². The summed E-state index contributed by atoms with van der Waals surface area (Å²) in [5, 5.41) is 28.0. The number of terminal acetylenes is 1. The first-order valence-electron chi connectivity index (χ1n) is 13.5. The molecular formula is C30H30N8OS. The lowest BCUT2D eigenvalue weighted by Gasteiger charge is -2.45. The fraction of sp³-hybridized carbons (Fsp3) is 0.400. The fourth-order valence-electron chi connectivity index (χ4n) is 6.46. The highest BCUT2D eigenvalue weighted by molar-refractivity contribution is 7.18. The Bertz CT molecular complexity index is 1680. The van der Waals surface area contributed by atoms with Crippen molar-refractivity contribution < 1.29 is 4.79 Å². The summed E-state index contributed by atoms with van der Waals surface area (Å²) in [6, 6.07) is 9.57. The third-order valence-corrected chi connectivity index (χ3v) is 9.57. The number of anilines is 2. The van der Waals surface area contributed by atoms with Gasteiger partial charge in [0.05, 0.1) is 34.7 Å². The molecule has 2 unspecified atom stereocenters. The van der Waals surface area contributed by atoms with Gasteiger partial charge in [0.15, 0.2) is 5.01 Å². The Balaban J connectivity index is 1.31. The second-order valence-electron chi connectivity index (χ2n) is 11.2. The van der Waals surface area contributed by atoms with Crippen molar-refractivity contribution in [2.75, 3.05) is 23.3 Å². The van der Waals surface area contributed by atoms with Crippen molar-refractivity contribution in [1.29, 1.82) is 5.26 Å². The van der Waals surface area contributed by atoms with Crippen LogP contribution in [0.4, 0.5) is 10.8 Å². The molecule has 1 saturated carbocycles. The number of fused-ring (bicyclic) bond motifs is 3. The van der Waals surface area contributed by atoms with Gasteiger partial charge in [-0.25, -0.2) is 4.52 Å². The quantitative estimate of drug-likeness (QED) is 0.318. The normalized spacial score (nSPS) is 22.6. The van der Waals surface area contributed by atoms with Crippen LogP contribution < -0.4 is 10.2 Å².